The van der Waals surface area contributed by atoms with Gasteiger partial charge in [-0.25, -0.2) is 0 Å². The fourth-order valence-corrected chi connectivity index (χ4v) is 2.01. The van der Waals surface area contributed by atoms with Crippen LogP contribution >= 0.6 is 12.2 Å². The molecule has 0 aliphatic carbocycles. The predicted octanol–water partition coefficient (Wildman–Crippen LogP) is 0.421. The first-order valence-corrected chi connectivity index (χ1v) is 5.67. The second-order valence-electron chi connectivity index (χ2n) is 4.04. The summed E-state index contributed by atoms with van der Waals surface area (Å²) in [6.45, 7) is 7.18. The van der Waals surface area contributed by atoms with Crippen LogP contribution in [0.5, 0.6) is 0 Å². The van der Waals surface area contributed by atoms with Crippen LogP contribution in [0.3, 0.4) is 0 Å². The summed E-state index contributed by atoms with van der Waals surface area (Å²) in [6, 6.07) is 0.811. The van der Waals surface area contributed by atoms with Crippen molar-refractivity contribution in [1.29, 1.82) is 0 Å². The molecule has 1 aliphatic heterocycles. The average molecular weight is 216 g/mol. The molecule has 2 N–H and O–H groups in total. The molecule has 14 heavy (non-hydrogen) atoms. The Morgan fingerprint density at radius 2 is 2.36 bits per heavy atom. The van der Waals surface area contributed by atoms with Crippen molar-refractivity contribution >= 4 is 17.1 Å². The monoisotopic (exact) mass is 216 g/mol. The summed E-state index contributed by atoms with van der Waals surface area (Å²) >= 11 is 5.28. The van der Waals surface area contributed by atoms with Gasteiger partial charge in [0.1, 0.15) is 0 Å². The topological polar surface area (TPSA) is 35.5 Å². The Balaban J connectivity index is 2.41. The van der Waals surface area contributed by atoms with Crippen molar-refractivity contribution in [2.45, 2.75) is 32.4 Å². The zero-order chi connectivity index (χ0) is 10.6. The van der Waals surface area contributed by atoms with Gasteiger partial charge < -0.3 is 10.4 Å². The SMILES string of the molecule is CC(C)N(CCO)CC1NCCC1=S. The molecular weight excluding hydrogens is 196 g/mol. The maximum atomic E-state index is 8.93. The van der Waals surface area contributed by atoms with E-state index in [0.717, 1.165) is 30.9 Å². The van der Waals surface area contributed by atoms with Crippen molar-refractivity contribution in [3.63, 3.8) is 0 Å². The van der Waals surface area contributed by atoms with Crippen molar-refractivity contribution in [2.24, 2.45) is 0 Å². The van der Waals surface area contributed by atoms with E-state index in [2.05, 4.69) is 24.1 Å². The molecule has 1 saturated heterocycles. The molecule has 1 rings (SSSR count). The van der Waals surface area contributed by atoms with Crippen LogP contribution in [0.1, 0.15) is 20.3 Å². The Morgan fingerprint density at radius 3 is 2.79 bits per heavy atom. The van der Waals surface area contributed by atoms with Crippen LogP contribution in [0, 0.1) is 0 Å². The van der Waals surface area contributed by atoms with Crippen molar-refractivity contribution in [1.82, 2.24) is 10.2 Å². The van der Waals surface area contributed by atoms with Gasteiger partial charge in [0.2, 0.25) is 0 Å². The summed E-state index contributed by atoms with van der Waals surface area (Å²) in [5, 5.41) is 12.3. The summed E-state index contributed by atoms with van der Waals surface area (Å²) in [6.07, 6.45) is 1.02. The molecule has 0 aromatic carbocycles. The highest BCUT2D eigenvalue weighted by atomic mass is 32.1. The lowest BCUT2D eigenvalue weighted by molar-refractivity contribution is 0.162. The Morgan fingerprint density at radius 1 is 1.64 bits per heavy atom. The maximum absolute atomic E-state index is 8.93. The van der Waals surface area contributed by atoms with E-state index < -0.39 is 0 Å². The highest BCUT2D eigenvalue weighted by molar-refractivity contribution is 7.80. The summed E-state index contributed by atoms with van der Waals surface area (Å²) in [7, 11) is 0. The smallest absolute Gasteiger partial charge is 0.0558 e. The lowest BCUT2D eigenvalue weighted by Gasteiger charge is -2.28. The Kier molecular flexibility index (Phi) is 4.95. The molecule has 0 saturated carbocycles. The minimum absolute atomic E-state index is 0.220. The fourth-order valence-electron chi connectivity index (χ4n) is 1.75. The predicted molar refractivity (Wildman–Crippen MR) is 62.8 cm³/mol. The minimum atomic E-state index is 0.220. The van der Waals surface area contributed by atoms with Crippen molar-refractivity contribution < 1.29 is 5.11 Å². The van der Waals surface area contributed by atoms with Crippen LogP contribution in [-0.4, -0.2) is 53.2 Å². The van der Waals surface area contributed by atoms with Gasteiger partial charge in [0.25, 0.3) is 0 Å². The van der Waals surface area contributed by atoms with Gasteiger partial charge in [-0.2, -0.15) is 0 Å². The van der Waals surface area contributed by atoms with Crippen LogP contribution < -0.4 is 5.32 Å². The van der Waals surface area contributed by atoms with Crippen LogP contribution in [0.2, 0.25) is 0 Å². The van der Waals surface area contributed by atoms with Crippen LogP contribution in [0.4, 0.5) is 0 Å². The van der Waals surface area contributed by atoms with Gasteiger partial charge >= 0.3 is 0 Å². The quantitative estimate of drug-likeness (QED) is 0.653. The van der Waals surface area contributed by atoms with Gasteiger partial charge in [-0.1, -0.05) is 12.2 Å². The van der Waals surface area contributed by atoms with Crippen LogP contribution in [0.25, 0.3) is 0 Å². The number of nitrogens with one attached hydrogen (secondary N) is 1. The zero-order valence-corrected chi connectivity index (χ0v) is 9.81. The second-order valence-corrected chi connectivity index (χ2v) is 4.56. The summed E-state index contributed by atoms with van der Waals surface area (Å²) in [5.41, 5.74) is 0. The molecule has 0 bridgehead atoms. The van der Waals surface area contributed by atoms with E-state index in [0.29, 0.717) is 12.1 Å². The minimum Gasteiger partial charge on any atom is -0.395 e. The molecule has 1 unspecified atom stereocenters. The first-order valence-electron chi connectivity index (χ1n) is 5.26. The van der Waals surface area contributed by atoms with Gasteiger partial charge in [-0.05, 0) is 20.3 Å². The summed E-state index contributed by atoms with van der Waals surface area (Å²) in [5.74, 6) is 0. The average Bonchev–Trinajstić information content (AvgIpc) is 2.51. The standard InChI is InChI=1S/C10H20N2OS/c1-8(2)12(5-6-13)7-9-10(14)3-4-11-9/h8-9,11,13H,3-7H2,1-2H3. The van der Waals surface area contributed by atoms with E-state index in [4.69, 9.17) is 17.3 Å². The van der Waals surface area contributed by atoms with Crippen LogP contribution in [0.15, 0.2) is 0 Å². The molecule has 1 atom stereocenters. The van der Waals surface area contributed by atoms with Crippen molar-refractivity contribution in [3.05, 3.63) is 0 Å². The van der Waals surface area contributed by atoms with E-state index in [1.54, 1.807) is 0 Å². The van der Waals surface area contributed by atoms with Gasteiger partial charge in [-0.15, -0.1) is 0 Å². The van der Waals surface area contributed by atoms with E-state index in [-0.39, 0.29) is 6.61 Å². The van der Waals surface area contributed by atoms with E-state index in [1.165, 1.54) is 0 Å². The van der Waals surface area contributed by atoms with E-state index >= 15 is 0 Å². The number of thiocarbonyl (C=S) groups is 1. The molecule has 4 heteroatoms. The Hall–Kier alpha value is -0.0300. The third-order valence-corrected chi connectivity index (χ3v) is 3.17. The molecule has 1 fully saturated rings. The van der Waals surface area contributed by atoms with Gasteiger partial charge in [0.15, 0.2) is 0 Å². The zero-order valence-electron chi connectivity index (χ0n) is 8.99. The lowest BCUT2D eigenvalue weighted by Crippen LogP contribution is -2.44. The number of hydrogen-bond donors (Lipinski definition) is 2. The summed E-state index contributed by atoms with van der Waals surface area (Å²) in [4.78, 5) is 3.39. The fraction of sp³-hybridized carbons (Fsp3) is 0.900. The first kappa shape index (κ1) is 12.0. The van der Waals surface area contributed by atoms with Gasteiger partial charge in [0.05, 0.1) is 12.6 Å². The first-order chi connectivity index (χ1) is 6.65. The number of rotatable bonds is 5. The number of hydrogen-bond acceptors (Lipinski definition) is 4. The molecule has 3 nitrogen and oxygen atoms in total. The third-order valence-electron chi connectivity index (χ3n) is 2.69. The molecule has 1 heterocycles. The van der Waals surface area contributed by atoms with Crippen molar-refractivity contribution in [3.8, 4) is 0 Å². The molecule has 0 aromatic rings. The third kappa shape index (κ3) is 3.28. The second kappa shape index (κ2) is 5.75. The summed E-state index contributed by atoms with van der Waals surface area (Å²) < 4.78 is 0. The molecule has 82 valence electrons. The molecular formula is C10H20N2OS. The van der Waals surface area contributed by atoms with E-state index in [1.807, 2.05) is 0 Å². The van der Waals surface area contributed by atoms with E-state index in [9.17, 15) is 0 Å². The van der Waals surface area contributed by atoms with Crippen molar-refractivity contribution in [2.75, 3.05) is 26.2 Å². The van der Waals surface area contributed by atoms with Gasteiger partial charge in [0, 0.05) is 30.5 Å². The molecule has 0 aromatic heterocycles. The number of nitrogens with zero attached hydrogens (tertiary/aromatic N) is 1. The number of aliphatic hydroxyl groups is 1. The normalized spacial score (nSPS) is 22.6. The molecule has 0 spiro atoms. The largest absolute Gasteiger partial charge is 0.395 e. The molecule has 1 aliphatic rings. The molecule has 0 radical (unpaired) electrons. The maximum Gasteiger partial charge on any atom is 0.0558 e. The Bertz CT molecular complexity index is 197. The lowest BCUT2D eigenvalue weighted by atomic mass is 10.2. The highest BCUT2D eigenvalue weighted by Crippen LogP contribution is 2.07. The number of aliphatic hydroxyl groups excluding tert-OH is 1. The van der Waals surface area contributed by atoms with Crippen LogP contribution in [-0.2, 0) is 0 Å². The van der Waals surface area contributed by atoms with Gasteiger partial charge in [-0.3, -0.25) is 4.90 Å². The molecule has 0 amide bonds. The highest BCUT2D eigenvalue weighted by Gasteiger charge is 2.23. The Labute approximate surface area is 91.5 Å².